The number of fused-ring (bicyclic) bond motifs is 3. The van der Waals surface area contributed by atoms with Crippen molar-refractivity contribution in [1.29, 1.82) is 0 Å². The maximum Gasteiger partial charge on any atom is 0.255 e. The quantitative estimate of drug-likeness (QED) is 0.553. The van der Waals surface area contributed by atoms with E-state index in [1.165, 1.54) is 13.2 Å². The third-order valence-corrected chi connectivity index (χ3v) is 6.45. The maximum atomic E-state index is 13.3. The predicted molar refractivity (Wildman–Crippen MR) is 100 cm³/mol. The topological polar surface area (TPSA) is 147 Å². The Hall–Kier alpha value is -3.13. The largest absolute Gasteiger partial charge is 0.511 e. The molecule has 0 fully saturated rings. The molecule has 0 radical (unpaired) electrons. The molecule has 0 aromatic heterocycles. The minimum atomic E-state index is -1.23. The first kappa shape index (κ1) is 19.2. The van der Waals surface area contributed by atoms with E-state index in [0.29, 0.717) is 5.56 Å². The number of carbonyl (C=O) groups is 3. The fourth-order valence-electron chi connectivity index (χ4n) is 5.24. The van der Waals surface area contributed by atoms with Crippen molar-refractivity contribution in [2.45, 2.75) is 25.4 Å². The summed E-state index contributed by atoms with van der Waals surface area (Å²) >= 11 is 0. The number of rotatable bonds is 2. The Morgan fingerprint density at radius 1 is 1.21 bits per heavy atom. The number of hydrogen-bond donors (Lipinski definition) is 4. The number of ether oxygens (including phenoxy) is 1. The molecule has 1 amide bonds. The number of aromatic hydroxyl groups is 1. The zero-order chi connectivity index (χ0) is 21.2. The number of allylic oxidation sites excluding steroid dienone is 2. The molecule has 0 heterocycles. The predicted octanol–water partition coefficient (Wildman–Crippen LogP) is 1.65. The maximum absolute atomic E-state index is 13.3. The Labute approximate surface area is 166 Å². The second kappa shape index (κ2) is 6.45. The SMILES string of the molecule is CO[C@@H]1[C@H]2C(=C(O)C3C(=O)C(C(N)=O)=C(O)C[C@H]31)C(=O)c1c(O)cccc1[C@@H]2C. The molecule has 0 aliphatic heterocycles. The normalized spacial score (nSPS) is 31.3. The summed E-state index contributed by atoms with van der Waals surface area (Å²) in [5.41, 5.74) is 5.38. The Bertz CT molecular complexity index is 1020. The number of hydrogen-bond acceptors (Lipinski definition) is 7. The van der Waals surface area contributed by atoms with Gasteiger partial charge in [0, 0.05) is 30.9 Å². The fraction of sp³-hybridized carbons (Fsp3) is 0.381. The van der Waals surface area contributed by atoms with Crippen LogP contribution in [0.3, 0.4) is 0 Å². The zero-order valence-corrected chi connectivity index (χ0v) is 15.9. The Morgan fingerprint density at radius 3 is 2.52 bits per heavy atom. The molecule has 4 rings (SSSR count). The van der Waals surface area contributed by atoms with Gasteiger partial charge >= 0.3 is 0 Å². The molecule has 0 saturated heterocycles. The number of ketones is 2. The molecular formula is C21H21NO7. The van der Waals surface area contributed by atoms with Gasteiger partial charge in [0.25, 0.3) is 5.91 Å². The number of methoxy groups -OCH3 is 1. The number of benzene rings is 1. The van der Waals surface area contributed by atoms with Crippen molar-refractivity contribution in [1.82, 2.24) is 0 Å². The second-order valence-electron chi connectivity index (χ2n) is 7.78. The molecule has 1 aromatic carbocycles. The third-order valence-electron chi connectivity index (χ3n) is 6.45. The summed E-state index contributed by atoms with van der Waals surface area (Å²) in [6.45, 7) is 1.85. The number of amides is 1. The number of Topliss-reactive ketones (excluding diaryl/α,β-unsaturated/α-hetero) is 2. The van der Waals surface area contributed by atoms with Gasteiger partial charge in [-0.15, -0.1) is 0 Å². The Balaban J connectivity index is 1.96. The molecule has 0 saturated carbocycles. The molecule has 5 N–H and O–H groups in total. The first-order valence-electron chi connectivity index (χ1n) is 9.29. The highest BCUT2D eigenvalue weighted by molar-refractivity contribution is 6.22. The van der Waals surface area contributed by atoms with Crippen molar-refractivity contribution in [3.8, 4) is 5.75 Å². The van der Waals surface area contributed by atoms with E-state index in [4.69, 9.17) is 10.5 Å². The van der Waals surface area contributed by atoms with E-state index in [-0.39, 0.29) is 29.2 Å². The smallest absolute Gasteiger partial charge is 0.255 e. The van der Waals surface area contributed by atoms with Crippen LogP contribution in [0.1, 0.15) is 35.2 Å². The van der Waals surface area contributed by atoms with Crippen LogP contribution in [0.15, 0.2) is 40.9 Å². The highest BCUT2D eigenvalue weighted by Gasteiger charge is 2.56. The lowest BCUT2D eigenvalue weighted by Gasteiger charge is -2.47. The van der Waals surface area contributed by atoms with Crippen molar-refractivity contribution in [2.24, 2.45) is 23.5 Å². The van der Waals surface area contributed by atoms with E-state index in [1.54, 1.807) is 12.1 Å². The lowest BCUT2D eigenvalue weighted by Crippen LogP contribution is -2.52. The first-order valence-corrected chi connectivity index (χ1v) is 9.29. The van der Waals surface area contributed by atoms with Gasteiger partial charge < -0.3 is 25.8 Å². The van der Waals surface area contributed by atoms with Gasteiger partial charge in [0.15, 0.2) is 11.6 Å². The Kier molecular flexibility index (Phi) is 4.27. The van der Waals surface area contributed by atoms with Gasteiger partial charge in [-0.1, -0.05) is 19.1 Å². The lowest BCUT2D eigenvalue weighted by molar-refractivity contribution is -0.129. The highest BCUT2D eigenvalue weighted by Crippen LogP contribution is 2.54. The number of primary amides is 1. The minimum Gasteiger partial charge on any atom is -0.511 e. The third kappa shape index (κ3) is 2.45. The number of aliphatic hydroxyl groups excluding tert-OH is 2. The van der Waals surface area contributed by atoms with Crippen LogP contribution in [0.4, 0.5) is 0 Å². The molecule has 8 nitrogen and oxygen atoms in total. The van der Waals surface area contributed by atoms with Crippen molar-refractivity contribution in [3.63, 3.8) is 0 Å². The molecule has 152 valence electrons. The molecule has 0 spiro atoms. The number of phenols is 1. The van der Waals surface area contributed by atoms with Gasteiger partial charge in [0.05, 0.1) is 17.6 Å². The number of aliphatic hydroxyl groups is 2. The summed E-state index contributed by atoms with van der Waals surface area (Å²) in [4.78, 5) is 37.9. The summed E-state index contributed by atoms with van der Waals surface area (Å²) in [5.74, 6) is -6.38. The van der Waals surface area contributed by atoms with E-state index >= 15 is 0 Å². The van der Waals surface area contributed by atoms with E-state index in [1.807, 2.05) is 6.92 Å². The van der Waals surface area contributed by atoms with E-state index in [0.717, 1.165) is 0 Å². The molecule has 29 heavy (non-hydrogen) atoms. The summed E-state index contributed by atoms with van der Waals surface area (Å²) < 4.78 is 5.67. The van der Waals surface area contributed by atoms with Crippen LogP contribution in [-0.4, -0.2) is 46.0 Å². The van der Waals surface area contributed by atoms with Gasteiger partial charge in [-0.25, -0.2) is 0 Å². The lowest BCUT2D eigenvalue weighted by atomic mass is 9.58. The second-order valence-corrected chi connectivity index (χ2v) is 7.78. The van der Waals surface area contributed by atoms with E-state index in [2.05, 4.69) is 0 Å². The van der Waals surface area contributed by atoms with Crippen molar-refractivity contribution in [3.05, 3.63) is 52.0 Å². The van der Waals surface area contributed by atoms with Crippen LogP contribution < -0.4 is 5.73 Å². The van der Waals surface area contributed by atoms with Crippen molar-refractivity contribution < 1.29 is 34.4 Å². The van der Waals surface area contributed by atoms with E-state index in [9.17, 15) is 29.7 Å². The summed E-state index contributed by atoms with van der Waals surface area (Å²) in [5, 5.41) is 31.5. The monoisotopic (exact) mass is 399 g/mol. The van der Waals surface area contributed by atoms with Crippen molar-refractivity contribution >= 4 is 17.5 Å². The van der Waals surface area contributed by atoms with Crippen LogP contribution in [0.25, 0.3) is 0 Å². The molecule has 3 aliphatic rings. The Morgan fingerprint density at radius 2 is 1.90 bits per heavy atom. The summed E-state index contributed by atoms with van der Waals surface area (Å²) in [7, 11) is 1.44. The molecule has 5 atom stereocenters. The molecule has 8 heteroatoms. The molecular weight excluding hydrogens is 378 g/mol. The molecule has 0 bridgehead atoms. The van der Waals surface area contributed by atoms with Gasteiger partial charge in [0.1, 0.15) is 22.8 Å². The number of nitrogens with two attached hydrogens (primary N) is 1. The van der Waals surface area contributed by atoms with Crippen LogP contribution in [0.5, 0.6) is 5.75 Å². The summed E-state index contributed by atoms with van der Waals surface area (Å²) in [6, 6.07) is 4.76. The summed E-state index contributed by atoms with van der Waals surface area (Å²) in [6.07, 6.45) is -0.768. The van der Waals surface area contributed by atoms with Gasteiger partial charge in [-0.05, 0) is 17.5 Å². The van der Waals surface area contributed by atoms with Crippen LogP contribution >= 0.6 is 0 Å². The van der Waals surface area contributed by atoms with E-state index < -0.39 is 58.4 Å². The molecule has 1 aromatic rings. The van der Waals surface area contributed by atoms with Crippen LogP contribution in [0, 0.1) is 17.8 Å². The van der Waals surface area contributed by atoms with Crippen LogP contribution in [-0.2, 0) is 14.3 Å². The van der Waals surface area contributed by atoms with Crippen molar-refractivity contribution in [2.75, 3.05) is 7.11 Å². The molecule has 3 aliphatic carbocycles. The van der Waals surface area contributed by atoms with Gasteiger partial charge in [-0.2, -0.15) is 0 Å². The minimum absolute atomic E-state index is 0.00170. The standard InChI is InChI=1S/C21H21NO7/c1-7-8-4-3-5-10(23)13(8)17(25)16-12(7)20(29-2)9-6-11(24)15(21(22)28)18(26)14(9)19(16)27/h3-5,7,9,12,14,20,23-24,27H,6H2,1-2H3,(H2,22,28)/t7-,9+,12+,14?,20-/m0/s1. The van der Waals surface area contributed by atoms with Gasteiger partial charge in [0.2, 0.25) is 0 Å². The highest BCUT2D eigenvalue weighted by atomic mass is 16.5. The average Bonchev–Trinajstić information content (AvgIpc) is 2.65. The molecule has 1 unspecified atom stereocenters. The first-order chi connectivity index (χ1) is 13.7. The average molecular weight is 399 g/mol. The number of carbonyl (C=O) groups excluding carboxylic acids is 3. The van der Waals surface area contributed by atoms with Crippen LogP contribution in [0.2, 0.25) is 0 Å². The fourth-order valence-corrected chi connectivity index (χ4v) is 5.24. The number of phenolic OH excluding ortho intramolecular Hbond substituents is 1. The zero-order valence-electron chi connectivity index (χ0n) is 15.9. The van der Waals surface area contributed by atoms with Gasteiger partial charge in [-0.3, -0.25) is 14.4 Å².